The Kier molecular flexibility index (Phi) is 5.37. The van der Waals surface area contributed by atoms with Gasteiger partial charge in [-0.3, -0.25) is 9.59 Å². The lowest BCUT2D eigenvalue weighted by molar-refractivity contribution is -0.129. The third-order valence-electron chi connectivity index (χ3n) is 4.37. The monoisotopic (exact) mass is 373 g/mol. The fraction of sp³-hybridized carbons (Fsp3) is 0.333. The van der Waals surface area contributed by atoms with Crippen LogP contribution in [0, 0.1) is 6.92 Å². The van der Waals surface area contributed by atoms with Gasteiger partial charge in [0, 0.05) is 43.8 Å². The fourth-order valence-electron chi connectivity index (χ4n) is 2.82. The van der Waals surface area contributed by atoms with E-state index in [9.17, 15) is 9.59 Å². The molecule has 0 radical (unpaired) electrons. The number of halogens is 1. The van der Waals surface area contributed by atoms with E-state index in [4.69, 9.17) is 11.6 Å². The third kappa shape index (κ3) is 4.11. The summed E-state index contributed by atoms with van der Waals surface area (Å²) in [5.41, 5.74) is 1.80. The molecule has 2 amide bonds. The average molecular weight is 374 g/mol. The minimum Gasteiger partial charge on any atom is -0.352 e. The van der Waals surface area contributed by atoms with Crippen LogP contribution in [0.5, 0.6) is 0 Å². The second kappa shape index (κ2) is 7.70. The van der Waals surface area contributed by atoms with E-state index in [1.54, 1.807) is 42.2 Å². The summed E-state index contributed by atoms with van der Waals surface area (Å²) in [4.78, 5) is 27.6. The summed E-state index contributed by atoms with van der Waals surface area (Å²) in [5.74, 6) is 0.462. The van der Waals surface area contributed by atoms with E-state index in [0.29, 0.717) is 42.7 Å². The van der Waals surface area contributed by atoms with Crippen LogP contribution in [0.1, 0.15) is 23.0 Å². The maximum absolute atomic E-state index is 12.4. The van der Waals surface area contributed by atoms with E-state index >= 15 is 0 Å². The van der Waals surface area contributed by atoms with Crippen molar-refractivity contribution in [3.8, 4) is 0 Å². The van der Waals surface area contributed by atoms with Crippen molar-refractivity contribution in [3.63, 3.8) is 0 Å². The number of carbonyl (C=O) groups excluding carboxylic acids is 2. The van der Waals surface area contributed by atoms with Crippen LogP contribution in [0.3, 0.4) is 0 Å². The number of piperazine rings is 1. The number of nitrogens with zero attached hydrogens (tertiary/aromatic N) is 4. The summed E-state index contributed by atoms with van der Waals surface area (Å²) >= 11 is 5.93. The highest BCUT2D eigenvalue weighted by molar-refractivity contribution is 6.30. The number of amides is 2. The molecule has 2 heterocycles. The Balaban J connectivity index is 1.64. The van der Waals surface area contributed by atoms with E-state index in [-0.39, 0.29) is 17.5 Å². The molecule has 2 aromatic rings. The molecule has 0 bridgehead atoms. The van der Waals surface area contributed by atoms with Crippen LogP contribution in [0.2, 0.25) is 5.02 Å². The lowest BCUT2D eigenvalue weighted by atomic mass is 10.2. The van der Waals surface area contributed by atoms with Crippen molar-refractivity contribution in [1.82, 2.24) is 15.1 Å². The number of benzene rings is 1. The molecule has 1 aromatic heterocycles. The highest BCUT2D eigenvalue weighted by Crippen LogP contribution is 2.20. The summed E-state index contributed by atoms with van der Waals surface area (Å²) < 4.78 is 0. The molecule has 0 spiro atoms. The molecule has 26 heavy (non-hydrogen) atoms. The van der Waals surface area contributed by atoms with Crippen LogP contribution in [0.4, 0.5) is 11.5 Å². The van der Waals surface area contributed by atoms with Gasteiger partial charge in [0.25, 0.3) is 5.91 Å². The number of nitrogens with one attached hydrogen (secondary N) is 1. The largest absolute Gasteiger partial charge is 0.352 e. The molecule has 1 N–H and O–H groups in total. The van der Waals surface area contributed by atoms with Crippen LogP contribution in [-0.2, 0) is 4.79 Å². The topological polar surface area (TPSA) is 78.4 Å². The van der Waals surface area contributed by atoms with Gasteiger partial charge in [0.1, 0.15) is 0 Å². The maximum Gasteiger partial charge on any atom is 0.276 e. The van der Waals surface area contributed by atoms with Gasteiger partial charge < -0.3 is 15.1 Å². The van der Waals surface area contributed by atoms with Crippen LogP contribution in [0.15, 0.2) is 30.3 Å². The molecule has 1 aliphatic heterocycles. The molecule has 0 saturated carbocycles. The van der Waals surface area contributed by atoms with E-state index in [1.807, 2.05) is 6.92 Å². The first-order valence-corrected chi connectivity index (χ1v) is 8.73. The number of anilines is 2. The summed E-state index contributed by atoms with van der Waals surface area (Å²) in [6.45, 7) is 6.17. The molecule has 7 nitrogen and oxygen atoms in total. The Morgan fingerprint density at radius 3 is 2.38 bits per heavy atom. The summed E-state index contributed by atoms with van der Waals surface area (Å²) in [6.07, 6.45) is 0. The van der Waals surface area contributed by atoms with Crippen molar-refractivity contribution in [2.24, 2.45) is 0 Å². The molecule has 136 valence electrons. The molecule has 0 atom stereocenters. The van der Waals surface area contributed by atoms with Crippen molar-refractivity contribution in [2.75, 3.05) is 36.4 Å². The first-order chi connectivity index (χ1) is 12.4. The predicted molar refractivity (Wildman–Crippen MR) is 101 cm³/mol. The van der Waals surface area contributed by atoms with Crippen molar-refractivity contribution in [2.45, 2.75) is 13.8 Å². The highest BCUT2D eigenvalue weighted by atomic mass is 35.5. The Hall–Kier alpha value is -2.67. The Morgan fingerprint density at radius 1 is 1.08 bits per heavy atom. The second-order valence-corrected chi connectivity index (χ2v) is 6.62. The van der Waals surface area contributed by atoms with Crippen LogP contribution >= 0.6 is 11.6 Å². The predicted octanol–water partition coefficient (Wildman–Crippen LogP) is 2.36. The second-order valence-electron chi connectivity index (χ2n) is 6.18. The minimum atomic E-state index is -0.323. The molecule has 1 aromatic carbocycles. The Bertz CT molecular complexity index is 817. The van der Waals surface area contributed by atoms with E-state index in [1.165, 1.54) is 0 Å². The van der Waals surface area contributed by atoms with Crippen LogP contribution in [-0.4, -0.2) is 53.1 Å². The van der Waals surface area contributed by atoms with Gasteiger partial charge in [0.05, 0.1) is 0 Å². The summed E-state index contributed by atoms with van der Waals surface area (Å²) in [5, 5.41) is 11.6. The molecule has 1 fully saturated rings. The zero-order valence-electron chi connectivity index (χ0n) is 14.7. The van der Waals surface area contributed by atoms with E-state index in [0.717, 1.165) is 5.56 Å². The number of hydrogen-bond donors (Lipinski definition) is 1. The van der Waals surface area contributed by atoms with Gasteiger partial charge in [-0.25, -0.2) is 0 Å². The van der Waals surface area contributed by atoms with Crippen molar-refractivity contribution in [1.29, 1.82) is 0 Å². The molecular formula is C18H20ClN5O2. The SMILES string of the molecule is CC(=O)N1CCN(c2ccc(C(=O)Nc3ccc(Cl)cc3C)nn2)CC1. The maximum atomic E-state index is 12.4. The van der Waals surface area contributed by atoms with Gasteiger partial charge in [0.15, 0.2) is 11.5 Å². The van der Waals surface area contributed by atoms with Gasteiger partial charge >= 0.3 is 0 Å². The zero-order valence-corrected chi connectivity index (χ0v) is 15.5. The quantitative estimate of drug-likeness (QED) is 0.893. The van der Waals surface area contributed by atoms with E-state index < -0.39 is 0 Å². The van der Waals surface area contributed by atoms with Crippen LogP contribution in [0.25, 0.3) is 0 Å². The minimum absolute atomic E-state index is 0.0836. The summed E-state index contributed by atoms with van der Waals surface area (Å²) in [7, 11) is 0. The molecule has 8 heteroatoms. The fourth-order valence-corrected chi connectivity index (χ4v) is 3.05. The molecule has 3 rings (SSSR count). The average Bonchev–Trinajstić information content (AvgIpc) is 2.64. The third-order valence-corrected chi connectivity index (χ3v) is 4.60. The molecule has 1 saturated heterocycles. The standard InChI is InChI=1S/C18H20ClN5O2/c1-12-11-14(19)3-4-15(12)20-18(26)16-5-6-17(22-21-16)24-9-7-23(8-10-24)13(2)25/h3-6,11H,7-10H2,1-2H3,(H,20,26). The molecule has 0 aliphatic carbocycles. The first kappa shape index (κ1) is 18.1. The van der Waals surface area contributed by atoms with Crippen molar-refractivity contribution >= 4 is 34.9 Å². The number of carbonyl (C=O) groups is 2. The van der Waals surface area contributed by atoms with E-state index in [2.05, 4.69) is 20.4 Å². The van der Waals surface area contributed by atoms with Gasteiger partial charge in [-0.05, 0) is 42.8 Å². The normalized spacial score (nSPS) is 14.3. The highest BCUT2D eigenvalue weighted by Gasteiger charge is 2.20. The lowest BCUT2D eigenvalue weighted by Crippen LogP contribution is -2.48. The summed E-state index contributed by atoms with van der Waals surface area (Å²) in [6, 6.07) is 8.69. The molecule has 0 unspecified atom stereocenters. The Morgan fingerprint density at radius 2 is 1.81 bits per heavy atom. The molecular weight excluding hydrogens is 354 g/mol. The number of aromatic nitrogens is 2. The zero-order chi connectivity index (χ0) is 18.7. The smallest absolute Gasteiger partial charge is 0.276 e. The van der Waals surface area contributed by atoms with Crippen molar-refractivity contribution in [3.05, 3.63) is 46.6 Å². The molecule has 1 aliphatic rings. The number of rotatable bonds is 3. The van der Waals surface area contributed by atoms with Gasteiger partial charge in [-0.15, -0.1) is 10.2 Å². The number of aryl methyl sites for hydroxylation is 1. The number of hydrogen-bond acceptors (Lipinski definition) is 5. The lowest BCUT2D eigenvalue weighted by Gasteiger charge is -2.34. The van der Waals surface area contributed by atoms with Crippen molar-refractivity contribution < 1.29 is 9.59 Å². The van der Waals surface area contributed by atoms with Gasteiger partial charge in [-0.2, -0.15) is 0 Å². The first-order valence-electron chi connectivity index (χ1n) is 8.36. The van der Waals surface area contributed by atoms with Gasteiger partial charge in [0.2, 0.25) is 5.91 Å². The van der Waals surface area contributed by atoms with Crippen LogP contribution < -0.4 is 10.2 Å². The Labute approximate surface area is 157 Å². The van der Waals surface area contributed by atoms with Gasteiger partial charge in [-0.1, -0.05) is 11.6 Å².